The van der Waals surface area contributed by atoms with Gasteiger partial charge in [0.15, 0.2) is 0 Å². The number of nitrogens with one attached hydrogen (secondary N) is 2. The maximum absolute atomic E-state index is 12.6. The number of ether oxygens (including phenoxy) is 1. The Morgan fingerprint density at radius 1 is 1.07 bits per heavy atom. The van der Waals surface area contributed by atoms with E-state index < -0.39 is 0 Å². The third-order valence-corrected chi connectivity index (χ3v) is 5.15. The van der Waals surface area contributed by atoms with E-state index in [1.807, 2.05) is 42.5 Å². The summed E-state index contributed by atoms with van der Waals surface area (Å²) >= 11 is 0. The number of amides is 2. The van der Waals surface area contributed by atoms with Crippen molar-refractivity contribution in [2.75, 3.05) is 13.7 Å². The first kappa shape index (κ1) is 19.0. The summed E-state index contributed by atoms with van der Waals surface area (Å²) in [5, 5.41) is 5.93. The second-order valence-electron chi connectivity index (χ2n) is 7.15. The molecule has 27 heavy (non-hydrogen) atoms. The summed E-state index contributed by atoms with van der Waals surface area (Å²) in [4.78, 5) is 24.1. The van der Waals surface area contributed by atoms with Gasteiger partial charge in [0.1, 0.15) is 5.75 Å². The monoisotopic (exact) mass is 366 g/mol. The Kier molecular flexibility index (Phi) is 5.79. The first-order valence-corrected chi connectivity index (χ1v) is 9.26. The average Bonchev–Trinajstić information content (AvgIpc) is 3.48. The van der Waals surface area contributed by atoms with Gasteiger partial charge in [0.2, 0.25) is 11.8 Å². The first-order valence-electron chi connectivity index (χ1n) is 9.26. The Labute approximate surface area is 160 Å². The zero-order chi connectivity index (χ0) is 19.3. The molecule has 2 aromatic rings. The van der Waals surface area contributed by atoms with Crippen molar-refractivity contribution in [1.82, 2.24) is 10.6 Å². The van der Waals surface area contributed by atoms with Crippen LogP contribution < -0.4 is 15.4 Å². The molecule has 5 nitrogen and oxygen atoms in total. The number of hydrogen-bond donors (Lipinski definition) is 2. The molecule has 1 saturated carbocycles. The van der Waals surface area contributed by atoms with Crippen molar-refractivity contribution in [3.8, 4) is 5.75 Å². The highest BCUT2D eigenvalue weighted by atomic mass is 16.5. The summed E-state index contributed by atoms with van der Waals surface area (Å²) < 4.78 is 5.17. The third-order valence-electron chi connectivity index (χ3n) is 5.15. The Morgan fingerprint density at radius 2 is 1.74 bits per heavy atom. The predicted molar refractivity (Wildman–Crippen MR) is 105 cm³/mol. The van der Waals surface area contributed by atoms with Gasteiger partial charge >= 0.3 is 0 Å². The van der Waals surface area contributed by atoms with E-state index in [-0.39, 0.29) is 29.7 Å². The smallest absolute Gasteiger partial charge is 0.222 e. The topological polar surface area (TPSA) is 67.4 Å². The third kappa shape index (κ3) is 4.88. The number of benzene rings is 2. The SMILES string of the molecule is COc1ccc(C(CC(=O)NCC2(c3ccccc3)CC2)NC(C)=O)cc1. The lowest BCUT2D eigenvalue weighted by Crippen LogP contribution is -2.36. The van der Waals surface area contributed by atoms with Crippen LogP contribution in [0.5, 0.6) is 5.75 Å². The van der Waals surface area contributed by atoms with E-state index >= 15 is 0 Å². The predicted octanol–water partition coefficient (Wildman–Crippen LogP) is 3.11. The minimum absolute atomic E-state index is 0.0632. The highest BCUT2D eigenvalue weighted by Gasteiger charge is 2.44. The highest BCUT2D eigenvalue weighted by Crippen LogP contribution is 2.47. The average molecular weight is 366 g/mol. The fourth-order valence-electron chi connectivity index (χ4n) is 3.37. The van der Waals surface area contributed by atoms with E-state index in [1.54, 1.807) is 7.11 Å². The lowest BCUT2D eigenvalue weighted by molar-refractivity contribution is -0.122. The summed E-state index contributed by atoms with van der Waals surface area (Å²) in [5.41, 5.74) is 2.23. The van der Waals surface area contributed by atoms with Crippen molar-refractivity contribution >= 4 is 11.8 Å². The van der Waals surface area contributed by atoms with Crippen molar-refractivity contribution in [2.24, 2.45) is 0 Å². The van der Waals surface area contributed by atoms with E-state index in [9.17, 15) is 9.59 Å². The van der Waals surface area contributed by atoms with Gasteiger partial charge in [0.05, 0.1) is 19.6 Å². The van der Waals surface area contributed by atoms with E-state index in [0.717, 1.165) is 24.2 Å². The number of methoxy groups -OCH3 is 1. The largest absolute Gasteiger partial charge is 0.497 e. The molecule has 142 valence electrons. The molecule has 2 N–H and O–H groups in total. The van der Waals surface area contributed by atoms with Crippen LogP contribution in [0.4, 0.5) is 0 Å². The fourth-order valence-corrected chi connectivity index (χ4v) is 3.37. The van der Waals surface area contributed by atoms with Crippen molar-refractivity contribution in [3.63, 3.8) is 0 Å². The van der Waals surface area contributed by atoms with Gasteiger partial charge in [-0.1, -0.05) is 42.5 Å². The number of hydrogen-bond acceptors (Lipinski definition) is 3. The quantitative estimate of drug-likeness (QED) is 0.754. The maximum Gasteiger partial charge on any atom is 0.222 e. The number of carbonyl (C=O) groups excluding carboxylic acids is 2. The van der Waals surface area contributed by atoms with Gasteiger partial charge in [-0.25, -0.2) is 0 Å². The molecular weight excluding hydrogens is 340 g/mol. The van der Waals surface area contributed by atoms with Crippen molar-refractivity contribution in [2.45, 2.75) is 37.6 Å². The molecule has 2 amide bonds. The molecule has 3 rings (SSSR count). The molecule has 0 spiro atoms. The molecule has 0 radical (unpaired) electrons. The molecule has 0 aromatic heterocycles. The minimum atomic E-state index is -0.361. The molecule has 1 atom stereocenters. The molecule has 0 heterocycles. The Bertz CT molecular complexity index is 783. The zero-order valence-electron chi connectivity index (χ0n) is 15.8. The molecule has 1 unspecified atom stereocenters. The molecule has 2 aromatic carbocycles. The van der Waals surface area contributed by atoms with Crippen molar-refractivity contribution in [3.05, 3.63) is 65.7 Å². The Morgan fingerprint density at radius 3 is 2.30 bits per heavy atom. The van der Waals surface area contributed by atoms with E-state index in [4.69, 9.17) is 4.74 Å². The zero-order valence-corrected chi connectivity index (χ0v) is 15.8. The van der Waals surface area contributed by atoms with Crippen LogP contribution in [-0.4, -0.2) is 25.5 Å². The van der Waals surface area contributed by atoms with Gasteiger partial charge in [-0.3, -0.25) is 9.59 Å². The van der Waals surface area contributed by atoms with Gasteiger partial charge < -0.3 is 15.4 Å². The summed E-state index contributed by atoms with van der Waals surface area (Å²) in [6, 6.07) is 17.4. The lowest BCUT2D eigenvalue weighted by atomic mass is 9.96. The highest BCUT2D eigenvalue weighted by molar-refractivity contribution is 5.79. The Hall–Kier alpha value is -2.82. The first-order chi connectivity index (χ1) is 13.0. The molecule has 1 fully saturated rings. The van der Waals surface area contributed by atoms with Crippen molar-refractivity contribution < 1.29 is 14.3 Å². The normalized spacial score (nSPS) is 15.5. The number of rotatable bonds is 8. The van der Waals surface area contributed by atoms with E-state index in [1.165, 1.54) is 12.5 Å². The second kappa shape index (κ2) is 8.25. The molecule has 0 aliphatic heterocycles. The van der Waals surface area contributed by atoms with Crippen LogP contribution >= 0.6 is 0 Å². The summed E-state index contributed by atoms with van der Waals surface area (Å²) in [7, 11) is 1.61. The van der Waals surface area contributed by atoms with Gasteiger partial charge in [0, 0.05) is 18.9 Å². The van der Waals surface area contributed by atoms with Crippen LogP contribution in [0.1, 0.15) is 43.4 Å². The van der Waals surface area contributed by atoms with Gasteiger partial charge in [0.25, 0.3) is 0 Å². The Balaban J connectivity index is 1.61. The maximum atomic E-state index is 12.6. The van der Waals surface area contributed by atoms with Crippen LogP contribution in [0, 0.1) is 0 Å². The van der Waals surface area contributed by atoms with Crippen LogP contribution in [0.3, 0.4) is 0 Å². The molecular formula is C22H26N2O3. The summed E-state index contributed by atoms with van der Waals surface area (Å²) in [6.45, 7) is 2.09. The molecule has 1 aliphatic carbocycles. The van der Waals surface area contributed by atoms with Crippen LogP contribution in [0.25, 0.3) is 0 Å². The van der Waals surface area contributed by atoms with Gasteiger partial charge in [-0.2, -0.15) is 0 Å². The van der Waals surface area contributed by atoms with E-state index in [2.05, 4.69) is 22.8 Å². The van der Waals surface area contributed by atoms with Crippen LogP contribution in [0.15, 0.2) is 54.6 Å². The molecule has 0 saturated heterocycles. The molecule has 1 aliphatic rings. The van der Waals surface area contributed by atoms with Crippen LogP contribution in [-0.2, 0) is 15.0 Å². The van der Waals surface area contributed by atoms with E-state index in [0.29, 0.717) is 6.54 Å². The second-order valence-corrected chi connectivity index (χ2v) is 7.15. The summed E-state index contributed by atoms with van der Waals surface area (Å²) in [5.74, 6) is 0.515. The lowest BCUT2D eigenvalue weighted by Gasteiger charge is -2.20. The van der Waals surface area contributed by atoms with Crippen LogP contribution in [0.2, 0.25) is 0 Å². The number of carbonyl (C=O) groups is 2. The fraction of sp³-hybridized carbons (Fsp3) is 0.364. The molecule has 5 heteroatoms. The molecule has 0 bridgehead atoms. The summed E-state index contributed by atoms with van der Waals surface area (Å²) in [6.07, 6.45) is 2.38. The van der Waals surface area contributed by atoms with Gasteiger partial charge in [-0.05, 0) is 36.1 Å². The van der Waals surface area contributed by atoms with Gasteiger partial charge in [-0.15, -0.1) is 0 Å². The standard InChI is InChI=1S/C22H26N2O3/c1-16(25)24-20(17-8-10-19(27-2)11-9-17)14-21(26)23-15-22(12-13-22)18-6-4-3-5-7-18/h3-11,20H,12-15H2,1-2H3,(H,23,26)(H,24,25). The minimum Gasteiger partial charge on any atom is -0.497 e. The van der Waals surface area contributed by atoms with Crippen molar-refractivity contribution in [1.29, 1.82) is 0 Å².